The highest BCUT2D eigenvalue weighted by atomic mass is 32.1. The van der Waals surface area contributed by atoms with E-state index in [9.17, 15) is 4.39 Å². The molecule has 0 aliphatic heterocycles. The summed E-state index contributed by atoms with van der Waals surface area (Å²) >= 11 is 3.45. The Balaban J connectivity index is 2.94. The molecule has 0 N–H and O–H groups in total. The molecule has 0 radical (unpaired) electrons. The number of hydrogen-bond acceptors (Lipinski definition) is 3. The van der Waals surface area contributed by atoms with Crippen molar-refractivity contribution in [3.05, 3.63) is 24.3 Å². The molecule has 9 heavy (non-hydrogen) atoms. The van der Waals surface area contributed by atoms with Gasteiger partial charge in [0.15, 0.2) is 5.75 Å². The largest absolute Gasteiger partial charge is 0.427 e. The second-order valence-electron chi connectivity index (χ2n) is 1.43. The summed E-state index contributed by atoms with van der Waals surface area (Å²) in [5, 5.41) is 0. The number of aromatic nitrogens is 1. The van der Waals surface area contributed by atoms with Gasteiger partial charge in [0.1, 0.15) is 5.82 Å². The van der Waals surface area contributed by atoms with Gasteiger partial charge >= 0.3 is 0 Å². The summed E-state index contributed by atoms with van der Waals surface area (Å²) in [7, 11) is 0. The number of hydrogen-bond donors (Lipinski definition) is 1. The van der Waals surface area contributed by atoms with Crippen LogP contribution in [-0.2, 0) is 0 Å². The Bertz CT molecular complexity index is 206. The summed E-state index contributed by atoms with van der Waals surface area (Å²) in [5.41, 5.74) is 0. The molecule has 0 saturated heterocycles. The van der Waals surface area contributed by atoms with Gasteiger partial charge in [0.05, 0.1) is 12.4 Å². The minimum Gasteiger partial charge on any atom is -0.427 e. The summed E-state index contributed by atoms with van der Waals surface area (Å²) in [6.45, 7) is 0. The molecule has 0 amide bonds. The van der Waals surface area contributed by atoms with Crippen molar-refractivity contribution in [2.45, 2.75) is 0 Å². The highest BCUT2D eigenvalue weighted by Gasteiger charge is 1.92. The smallest absolute Gasteiger partial charge is 0.158 e. The van der Waals surface area contributed by atoms with E-state index in [1.807, 2.05) is 0 Å². The van der Waals surface area contributed by atoms with E-state index in [2.05, 4.69) is 22.1 Å². The van der Waals surface area contributed by atoms with Crippen LogP contribution in [0, 0.1) is 5.82 Å². The van der Waals surface area contributed by atoms with Gasteiger partial charge in [-0.25, -0.2) is 4.39 Å². The summed E-state index contributed by atoms with van der Waals surface area (Å²) in [5.74, 6) is -0.125. The average molecular weight is 145 g/mol. The fourth-order valence-electron chi connectivity index (χ4n) is 0.442. The van der Waals surface area contributed by atoms with E-state index in [0.717, 1.165) is 6.20 Å². The molecule has 0 unspecified atom stereocenters. The topological polar surface area (TPSA) is 22.1 Å². The summed E-state index contributed by atoms with van der Waals surface area (Å²) in [6, 6.07) is 1.19. The Hall–Kier alpha value is -0.770. The molecule has 0 fully saturated rings. The van der Waals surface area contributed by atoms with E-state index in [4.69, 9.17) is 0 Å². The zero-order valence-electron chi connectivity index (χ0n) is 4.41. The predicted molar refractivity (Wildman–Crippen MR) is 33.8 cm³/mol. The van der Waals surface area contributed by atoms with Crippen LogP contribution in [0.25, 0.3) is 0 Å². The number of pyridine rings is 1. The van der Waals surface area contributed by atoms with Crippen LogP contribution in [0.15, 0.2) is 18.5 Å². The lowest BCUT2D eigenvalue weighted by atomic mass is 10.4. The summed E-state index contributed by atoms with van der Waals surface area (Å²) in [6.07, 6.45) is 2.46. The molecule has 48 valence electrons. The van der Waals surface area contributed by atoms with Gasteiger partial charge < -0.3 is 4.18 Å². The Morgan fingerprint density at radius 3 is 2.78 bits per heavy atom. The van der Waals surface area contributed by atoms with E-state index >= 15 is 0 Å². The van der Waals surface area contributed by atoms with Gasteiger partial charge in [-0.15, -0.1) is 0 Å². The van der Waals surface area contributed by atoms with Crippen molar-refractivity contribution in [3.8, 4) is 5.75 Å². The van der Waals surface area contributed by atoms with Crippen LogP contribution in [0.2, 0.25) is 0 Å². The predicted octanol–water partition coefficient (Wildman–Crippen LogP) is 1.44. The zero-order chi connectivity index (χ0) is 6.69. The van der Waals surface area contributed by atoms with Gasteiger partial charge in [0.25, 0.3) is 0 Å². The number of nitrogens with zero attached hydrogens (tertiary/aromatic N) is 1. The molecule has 1 aromatic rings. The molecule has 1 rings (SSSR count). The molecule has 0 atom stereocenters. The van der Waals surface area contributed by atoms with Gasteiger partial charge in [0, 0.05) is 19.0 Å². The maximum Gasteiger partial charge on any atom is 0.158 e. The molecule has 0 aliphatic rings. The van der Waals surface area contributed by atoms with E-state index in [1.54, 1.807) is 0 Å². The molecule has 0 aromatic carbocycles. The van der Waals surface area contributed by atoms with E-state index in [1.165, 1.54) is 12.3 Å². The van der Waals surface area contributed by atoms with Crippen molar-refractivity contribution in [1.82, 2.24) is 4.98 Å². The van der Waals surface area contributed by atoms with Crippen molar-refractivity contribution in [3.63, 3.8) is 0 Å². The van der Waals surface area contributed by atoms with Crippen molar-refractivity contribution in [2.24, 2.45) is 0 Å². The molecule has 0 bridgehead atoms. The SMILES string of the molecule is Fc1cncc(OS)c1. The van der Waals surface area contributed by atoms with Crippen molar-refractivity contribution >= 4 is 12.9 Å². The lowest BCUT2D eigenvalue weighted by Crippen LogP contribution is -1.79. The Kier molecular flexibility index (Phi) is 1.89. The first kappa shape index (κ1) is 6.35. The third-order valence-electron chi connectivity index (χ3n) is 0.785. The van der Waals surface area contributed by atoms with E-state index in [0.29, 0.717) is 5.75 Å². The van der Waals surface area contributed by atoms with E-state index in [-0.39, 0.29) is 0 Å². The van der Waals surface area contributed by atoms with Gasteiger partial charge in [-0.3, -0.25) is 4.98 Å². The Morgan fingerprint density at radius 1 is 1.56 bits per heavy atom. The van der Waals surface area contributed by atoms with Gasteiger partial charge in [-0.1, -0.05) is 0 Å². The molecular weight excluding hydrogens is 141 g/mol. The van der Waals surface area contributed by atoms with Gasteiger partial charge in [0.2, 0.25) is 0 Å². The number of halogens is 1. The second kappa shape index (κ2) is 2.68. The molecular formula is C5H4FNOS. The fourth-order valence-corrected chi connectivity index (χ4v) is 0.542. The first-order valence-electron chi connectivity index (χ1n) is 2.25. The molecule has 0 spiro atoms. The molecule has 4 heteroatoms. The molecule has 0 saturated carbocycles. The van der Waals surface area contributed by atoms with Crippen LogP contribution in [0.5, 0.6) is 5.75 Å². The van der Waals surface area contributed by atoms with Crippen LogP contribution in [0.3, 0.4) is 0 Å². The molecule has 0 aliphatic carbocycles. The normalized spacial score (nSPS) is 9.11. The van der Waals surface area contributed by atoms with Crippen molar-refractivity contribution in [1.29, 1.82) is 0 Å². The first-order chi connectivity index (χ1) is 4.33. The van der Waals surface area contributed by atoms with E-state index < -0.39 is 5.82 Å². The number of thiol groups is 1. The summed E-state index contributed by atoms with van der Waals surface area (Å²) < 4.78 is 16.6. The Morgan fingerprint density at radius 2 is 2.33 bits per heavy atom. The summed E-state index contributed by atoms with van der Waals surface area (Å²) in [4.78, 5) is 3.51. The zero-order valence-corrected chi connectivity index (χ0v) is 5.31. The quantitative estimate of drug-likeness (QED) is 0.477. The lowest BCUT2D eigenvalue weighted by Gasteiger charge is -1.93. The van der Waals surface area contributed by atoms with Crippen LogP contribution >= 0.6 is 12.9 Å². The average Bonchev–Trinajstić information content (AvgIpc) is 1.88. The van der Waals surface area contributed by atoms with Crippen LogP contribution < -0.4 is 4.18 Å². The minimum atomic E-state index is -0.429. The van der Waals surface area contributed by atoms with Gasteiger partial charge in [-0.2, -0.15) is 0 Å². The molecule has 1 heterocycles. The maximum absolute atomic E-state index is 12.2. The molecule has 1 aromatic heterocycles. The third-order valence-corrected chi connectivity index (χ3v) is 0.996. The lowest BCUT2D eigenvalue weighted by molar-refractivity contribution is 0.595. The highest BCUT2D eigenvalue weighted by molar-refractivity contribution is 7.75. The van der Waals surface area contributed by atoms with Crippen LogP contribution in [-0.4, -0.2) is 4.98 Å². The number of rotatable bonds is 1. The van der Waals surface area contributed by atoms with Gasteiger partial charge in [-0.05, 0) is 0 Å². The monoisotopic (exact) mass is 145 g/mol. The second-order valence-corrected chi connectivity index (χ2v) is 1.61. The van der Waals surface area contributed by atoms with Crippen LogP contribution in [0.1, 0.15) is 0 Å². The standard InChI is InChI=1S/C5H4FNOS/c6-4-1-5(8-9)3-7-2-4/h1-3,9H. The highest BCUT2D eigenvalue weighted by Crippen LogP contribution is 2.09. The van der Waals surface area contributed by atoms with Crippen molar-refractivity contribution in [2.75, 3.05) is 0 Å². The Labute approximate surface area is 57.3 Å². The maximum atomic E-state index is 12.2. The van der Waals surface area contributed by atoms with Crippen molar-refractivity contribution < 1.29 is 8.57 Å². The minimum absolute atomic E-state index is 0.304. The fraction of sp³-hybridized carbons (Fsp3) is 0. The molecule has 2 nitrogen and oxygen atoms in total. The first-order valence-corrected chi connectivity index (χ1v) is 2.61. The third kappa shape index (κ3) is 1.57. The van der Waals surface area contributed by atoms with Crippen LogP contribution in [0.4, 0.5) is 4.39 Å².